The molecular formula is C80H107N9O21. The van der Waals surface area contributed by atoms with Crippen molar-refractivity contribution in [1.82, 2.24) is 41.4 Å². The van der Waals surface area contributed by atoms with Crippen LogP contribution in [0.15, 0.2) is 85.1 Å². The van der Waals surface area contributed by atoms with Gasteiger partial charge in [-0.2, -0.15) is 0 Å². The minimum atomic E-state index is -2.14. The van der Waals surface area contributed by atoms with Gasteiger partial charge in [-0.3, -0.25) is 57.5 Å². The highest BCUT2D eigenvalue weighted by Gasteiger charge is 2.51. The van der Waals surface area contributed by atoms with Gasteiger partial charge < -0.3 is 81.8 Å². The van der Waals surface area contributed by atoms with E-state index in [1.165, 1.54) is 49.9 Å². The second kappa shape index (κ2) is 40.5. The molecule has 1 unspecified atom stereocenters. The maximum Gasteiger partial charge on any atom is 0.409 e. The van der Waals surface area contributed by atoms with Gasteiger partial charge in [0, 0.05) is 106 Å². The van der Waals surface area contributed by atoms with Crippen LogP contribution in [0.4, 0.5) is 9.59 Å². The Hall–Kier alpha value is -10.2. The maximum atomic E-state index is 15.7. The molecule has 0 aliphatic carbocycles. The molecule has 4 aromatic rings. The highest BCUT2D eigenvalue weighted by molar-refractivity contribution is 6.01. The molecular weight excluding hydrogens is 1420 g/mol. The number of aromatic amines is 1. The van der Waals surface area contributed by atoms with Crippen LogP contribution in [0.25, 0.3) is 10.8 Å². The number of hydrogen-bond donors (Lipinski definition) is 11. The van der Waals surface area contributed by atoms with Gasteiger partial charge in [-0.15, -0.1) is 0 Å². The summed E-state index contributed by atoms with van der Waals surface area (Å²) in [5, 5.41) is 56.5. The first-order valence-electron chi connectivity index (χ1n) is 37.8. The molecule has 12 N–H and O–H groups in total. The summed E-state index contributed by atoms with van der Waals surface area (Å²) in [6.45, 7) is 8.58. The Morgan fingerprint density at radius 3 is 1.88 bits per heavy atom. The van der Waals surface area contributed by atoms with Crippen molar-refractivity contribution in [3.63, 3.8) is 0 Å². The molecule has 4 heterocycles. The van der Waals surface area contributed by atoms with E-state index in [2.05, 4.69) is 31.6 Å². The SMILES string of the molecule is CC(=O)C[C@H](C(=O)N[C@@H](CO)C(=O)C[C@@H](Cc1ccccc1)C(=O)N[C@]12CCN(C1)C(=O)OCCCCOC(=O)N1CC[C@](C(N)=O)(CC(=O)[C@H](CC(C)C)NC(=O)[C@H](CC(C)C)CC(=O)[C@H](C)NC(=O)[C@H](Cc3[nH]cc4ccccc34)CC(=O)[C@H](Cc3ccc(O)cc3)NC(=O)[C@H](CCC(=O)O)CC2=O)C1)C(C)O. The number of nitrogens with two attached hydrogens (primary N) is 1. The van der Waals surface area contributed by atoms with Crippen molar-refractivity contribution in [3.05, 3.63) is 102 Å². The minimum Gasteiger partial charge on any atom is -0.508 e. The Morgan fingerprint density at radius 2 is 1.26 bits per heavy atom. The number of aromatic nitrogens is 1. The predicted molar refractivity (Wildman–Crippen MR) is 400 cm³/mol. The van der Waals surface area contributed by atoms with Crippen LogP contribution in [0.1, 0.15) is 155 Å². The quantitative estimate of drug-likeness (QED) is 0.0422. The molecule has 30 nitrogen and oxygen atoms in total. The molecule has 3 aliphatic heterocycles. The normalized spacial score (nSPS) is 24.1. The second-order valence-electron chi connectivity index (χ2n) is 30.7. The Bertz CT molecular complexity index is 3970. The zero-order chi connectivity index (χ0) is 80.7. The molecule has 12 atom stereocenters. The van der Waals surface area contributed by atoms with Crippen LogP contribution in [0.5, 0.6) is 5.75 Å². The van der Waals surface area contributed by atoms with E-state index in [0.29, 0.717) is 22.2 Å². The lowest BCUT2D eigenvalue weighted by Gasteiger charge is -2.33. The maximum absolute atomic E-state index is 15.7. The van der Waals surface area contributed by atoms with Crippen LogP contribution in [-0.4, -0.2) is 205 Å². The number of aliphatic hydroxyl groups is 2. The number of aliphatic carboxylic acids is 1. The number of carboxylic acid groups (broad SMARTS) is 1. The van der Waals surface area contributed by atoms with E-state index in [1.54, 1.807) is 54.7 Å². The van der Waals surface area contributed by atoms with Crippen molar-refractivity contribution in [3.8, 4) is 5.75 Å². The number of primary amides is 1. The topological polar surface area (TPSA) is 464 Å². The van der Waals surface area contributed by atoms with Gasteiger partial charge in [-0.05, 0) is 119 Å². The monoisotopic (exact) mass is 1530 g/mol. The Morgan fingerprint density at radius 1 is 0.664 bits per heavy atom. The number of phenols is 1. The van der Waals surface area contributed by atoms with E-state index in [-0.39, 0.29) is 108 Å². The van der Waals surface area contributed by atoms with Gasteiger partial charge in [-0.1, -0.05) is 94.4 Å². The van der Waals surface area contributed by atoms with Crippen LogP contribution in [-0.2, 0) is 91.1 Å². The van der Waals surface area contributed by atoms with Gasteiger partial charge in [0.2, 0.25) is 35.4 Å². The van der Waals surface area contributed by atoms with Crippen molar-refractivity contribution < 1.29 is 102 Å². The first kappa shape index (κ1) is 87.0. The van der Waals surface area contributed by atoms with Crippen molar-refractivity contribution in [1.29, 1.82) is 0 Å². The third-order valence-corrected chi connectivity index (χ3v) is 20.9. The van der Waals surface area contributed by atoms with Crippen LogP contribution < -0.4 is 32.3 Å². The predicted octanol–water partition coefficient (Wildman–Crippen LogP) is 4.85. The molecule has 3 aliphatic rings. The molecule has 110 heavy (non-hydrogen) atoms. The van der Waals surface area contributed by atoms with E-state index in [0.717, 1.165) is 10.3 Å². The minimum absolute atomic E-state index is 0.0167. The van der Waals surface area contributed by atoms with Gasteiger partial charge in [0.1, 0.15) is 23.1 Å². The summed E-state index contributed by atoms with van der Waals surface area (Å²) in [4.78, 5) is 219. The number of aromatic hydroxyl groups is 1. The number of cyclic esters (lactones) is 2. The Kier molecular flexibility index (Phi) is 32.0. The lowest BCUT2D eigenvalue weighted by Crippen LogP contribution is -2.59. The van der Waals surface area contributed by atoms with E-state index in [1.807, 2.05) is 33.8 Å². The number of carbonyl (C=O) groups is 15. The summed E-state index contributed by atoms with van der Waals surface area (Å²) < 4.78 is 11.2. The summed E-state index contributed by atoms with van der Waals surface area (Å²) in [6, 6.07) is 15.5. The summed E-state index contributed by atoms with van der Waals surface area (Å²) in [7, 11) is 0. The zero-order valence-electron chi connectivity index (χ0n) is 63.7. The third kappa shape index (κ3) is 24.9. The summed E-state index contributed by atoms with van der Waals surface area (Å²) in [5.74, 6) is -17.8. The molecule has 598 valence electrons. The summed E-state index contributed by atoms with van der Waals surface area (Å²) in [6.07, 6.45) is -6.61. The number of nitrogens with zero attached hydrogens (tertiary/aromatic N) is 2. The number of phenolic OH excluding ortho intramolecular Hbond substituents is 1. The van der Waals surface area contributed by atoms with Gasteiger partial charge >= 0.3 is 18.2 Å². The van der Waals surface area contributed by atoms with Gasteiger partial charge in [0.25, 0.3) is 0 Å². The van der Waals surface area contributed by atoms with Crippen LogP contribution >= 0.6 is 0 Å². The van der Waals surface area contributed by atoms with Crippen molar-refractivity contribution in [2.75, 3.05) is 46.0 Å². The molecule has 0 spiro atoms. The first-order valence-corrected chi connectivity index (χ1v) is 37.8. The summed E-state index contributed by atoms with van der Waals surface area (Å²) in [5.41, 5.74) is 3.76. The highest BCUT2D eigenvalue weighted by Crippen LogP contribution is 2.37. The number of ketones is 6. The highest BCUT2D eigenvalue weighted by atomic mass is 16.6. The van der Waals surface area contributed by atoms with Gasteiger partial charge in [0.15, 0.2) is 28.9 Å². The number of amides is 8. The van der Waals surface area contributed by atoms with Crippen molar-refractivity contribution >= 4 is 99.1 Å². The number of aliphatic hydroxyl groups excluding tert-OH is 2. The number of rotatable bonds is 25. The number of H-pyrrole nitrogens is 1. The van der Waals surface area contributed by atoms with E-state index >= 15 is 24.0 Å². The Labute approximate surface area is 639 Å². The standard InChI is InChI=1S/C80H107N9O21/c1-46(2)31-55-37-65(94)49(6)83-72(102)57(36-61-59-18-12-11-17-54(59)42-82-61)39-66(95)63(35-52-19-22-58(93)23-20-52)85-71(101)53(21-24-70(99)100)40-69(98)80(87-74(104)56(34-51-15-9-8-10-16-51)38-67(96)64(43-90)86-75(105)60(50(7)92)33-48(5)91)26-28-89(45-80)78(108)110-30-14-13-29-109-77(107)88-27-25-79(44-88,76(81)106)41-68(97)62(32-47(3)4)84-73(55)103/h8-12,15-20,22-23,42,46-47,49-50,53,55-57,60,62-64,82,90,92-93H,13-14,21,24-41,43-45H2,1-7H3,(H2,81,106)(H,83,102)(H,84,103)(H,85,101)(H,86,105)(H,87,104)(H,99,100)/t49-,50?,53+,55+,56+,57+,60-,62-,63-,64-,79-,80+/m0/s1. The molecule has 3 saturated heterocycles. The first-order chi connectivity index (χ1) is 52.1. The molecule has 0 radical (unpaired) electrons. The molecule has 1 aromatic heterocycles. The lowest BCUT2D eigenvalue weighted by atomic mass is 9.79. The average Bonchev–Trinajstić information content (AvgIpc) is 1.70. The number of carbonyl (C=O) groups excluding carboxylic acids is 14. The van der Waals surface area contributed by atoms with E-state index in [4.69, 9.17) is 15.2 Å². The average molecular weight is 1530 g/mol. The second-order valence-corrected chi connectivity index (χ2v) is 30.7. The number of fused-ring (bicyclic) bond motifs is 5. The number of Topliss-reactive ketones (excluding diaryl/α,β-unsaturated/α-hetero) is 6. The van der Waals surface area contributed by atoms with E-state index < -0.39 is 224 Å². The van der Waals surface area contributed by atoms with E-state index in [9.17, 15) is 68.4 Å². The zero-order valence-corrected chi connectivity index (χ0v) is 63.7. The molecule has 8 amide bonds. The molecule has 4 bridgehead atoms. The van der Waals surface area contributed by atoms with Crippen molar-refractivity contribution in [2.24, 2.45) is 52.6 Å². The van der Waals surface area contributed by atoms with Crippen LogP contribution in [0, 0.1) is 46.8 Å². The van der Waals surface area contributed by atoms with Crippen molar-refractivity contribution in [2.45, 2.75) is 193 Å². The number of hydrogen-bond acceptors (Lipinski definition) is 20. The number of nitrogens with one attached hydrogen (secondary N) is 6. The van der Waals surface area contributed by atoms with Crippen LogP contribution in [0.2, 0.25) is 0 Å². The molecule has 30 heteroatoms. The fraction of sp³-hybridized carbons (Fsp3) is 0.562. The number of ether oxygens (including phenoxy) is 2. The molecule has 3 fully saturated rings. The van der Waals surface area contributed by atoms with Gasteiger partial charge in [0.05, 0.1) is 67.8 Å². The summed E-state index contributed by atoms with van der Waals surface area (Å²) >= 11 is 0. The third-order valence-electron chi connectivity index (χ3n) is 20.9. The smallest absolute Gasteiger partial charge is 0.409 e. The fourth-order valence-electron chi connectivity index (χ4n) is 14.5. The number of carboxylic acids is 1. The molecule has 7 rings (SSSR count). The van der Waals surface area contributed by atoms with Crippen LogP contribution in [0.3, 0.4) is 0 Å². The van der Waals surface area contributed by atoms with Gasteiger partial charge in [-0.25, -0.2) is 9.59 Å². The largest absolute Gasteiger partial charge is 0.508 e. The molecule has 3 aromatic carbocycles. The fourth-order valence-corrected chi connectivity index (χ4v) is 14.5. The number of benzene rings is 3. The lowest BCUT2D eigenvalue weighted by molar-refractivity contribution is -0.140. The molecule has 0 saturated carbocycles. The Balaban J connectivity index is 1.28.